The number of fused-ring (bicyclic) bond motifs is 4. The maximum Gasteiger partial charge on any atom is 0.135 e. The molecule has 0 bridgehead atoms. The summed E-state index contributed by atoms with van der Waals surface area (Å²) >= 11 is 0. The molecule has 7 aromatic carbocycles. The first-order chi connectivity index (χ1) is 29.5. The van der Waals surface area contributed by atoms with Crippen LogP contribution in [0.15, 0.2) is 170 Å². The number of ether oxygens (including phenoxy) is 1. The summed E-state index contributed by atoms with van der Waals surface area (Å²) in [5.74, 6) is 2.04. The first kappa shape index (κ1) is 41.0. The first-order valence-electron chi connectivity index (χ1n) is 21.0. The van der Waals surface area contributed by atoms with Gasteiger partial charge in [0.05, 0.1) is 0 Å². The fourth-order valence-electron chi connectivity index (χ4n) is 8.35. The number of rotatable bonds is 7. The van der Waals surface area contributed by atoms with Crippen molar-refractivity contribution in [2.75, 3.05) is 9.80 Å². The van der Waals surface area contributed by atoms with Gasteiger partial charge >= 0.3 is 0 Å². The minimum absolute atomic E-state index is 0. The minimum atomic E-state index is -0.0409. The van der Waals surface area contributed by atoms with Gasteiger partial charge in [-0.05, 0) is 80.4 Å². The van der Waals surface area contributed by atoms with Gasteiger partial charge in [0, 0.05) is 66.9 Å². The minimum Gasteiger partial charge on any atom is -0.509 e. The Labute approximate surface area is 379 Å². The Morgan fingerprint density at radius 2 is 1.18 bits per heavy atom. The second-order valence-corrected chi connectivity index (χ2v) is 17.9. The van der Waals surface area contributed by atoms with Crippen LogP contribution in [-0.4, -0.2) is 9.55 Å². The van der Waals surface area contributed by atoms with Crippen molar-refractivity contribution in [1.29, 1.82) is 0 Å². The molecule has 0 saturated carbocycles. The molecule has 0 saturated heterocycles. The molecule has 0 aliphatic carbocycles. The second kappa shape index (κ2) is 16.1. The van der Waals surface area contributed by atoms with E-state index < -0.39 is 0 Å². The van der Waals surface area contributed by atoms with E-state index >= 15 is 0 Å². The molecular weight excluding hydrogens is 940 g/mol. The van der Waals surface area contributed by atoms with Gasteiger partial charge in [-0.25, -0.2) is 4.98 Å². The monoisotopic (exact) mass is 986 g/mol. The third kappa shape index (κ3) is 7.60. The first-order valence-corrected chi connectivity index (χ1v) is 21.0. The van der Waals surface area contributed by atoms with Gasteiger partial charge in [0.2, 0.25) is 0 Å². The van der Waals surface area contributed by atoms with E-state index in [4.69, 9.17) is 9.72 Å². The normalized spacial score (nSPS) is 12.7. The van der Waals surface area contributed by atoms with Crippen LogP contribution in [0.4, 0.5) is 22.7 Å². The predicted molar refractivity (Wildman–Crippen MR) is 252 cm³/mol. The van der Waals surface area contributed by atoms with Crippen molar-refractivity contribution in [3.05, 3.63) is 200 Å². The van der Waals surface area contributed by atoms with Gasteiger partial charge in [-0.1, -0.05) is 144 Å². The van der Waals surface area contributed by atoms with Crippen LogP contribution in [0.25, 0.3) is 49.9 Å². The maximum atomic E-state index is 6.68. The Balaban J connectivity index is 0.00000490. The molecule has 1 aliphatic heterocycles. The molecule has 0 amide bonds. The van der Waals surface area contributed by atoms with E-state index in [1.807, 2.05) is 24.4 Å². The van der Waals surface area contributed by atoms with Crippen LogP contribution in [0.3, 0.4) is 0 Å². The van der Waals surface area contributed by atoms with Crippen molar-refractivity contribution >= 4 is 44.6 Å². The van der Waals surface area contributed by atoms with Crippen LogP contribution in [0.1, 0.15) is 52.7 Å². The fourth-order valence-corrected chi connectivity index (χ4v) is 8.35. The standard InChI is InChI=1S/C56H47N4O.Pt/c1-55(2,3)41-25-27-46(39-18-11-8-12-19-39)52(33-41)59-37-58(50-22-13-14-23-51(50)59)43-20-15-21-44(35-43)61-45-26-28-47-48-32-40(38-16-9-7-10-17-38)24-29-49(48)60(53(47)36-45)54-34-42(30-31-57-54)56(4,5)6;/h7-34,37H,1-6H3;/q-3;. The number of nitrogens with zero attached hydrogens (tertiary/aromatic N) is 4. The van der Waals surface area contributed by atoms with E-state index in [1.165, 1.54) is 27.8 Å². The zero-order chi connectivity index (χ0) is 41.9. The average Bonchev–Trinajstić information content (AvgIpc) is 3.82. The van der Waals surface area contributed by atoms with Gasteiger partial charge in [0.15, 0.2) is 0 Å². The molecule has 310 valence electrons. The zero-order valence-corrected chi connectivity index (χ0v) is 38.0. The van der Waals surface area contributed by atoms with Gasteiger partial charge in [-0.15, -0.1) is 48.1 Å². The Hall–Kier alpha value is -6.42. The van der Waals surface area contributed by atoms with Gasteiger partial charge in [0.1, 0.15) is 5.82 Å². The number of anilines is 4. The van der Waals surface area contributed by atoms with E-state index in [0.29, 0.717) is 11.5 Å². The second-order valence-electron chi connectivity index (χ2n) is 17.9. The molecule has 0 unspecified atom stereocenters. The molecule has 0 radical (unpaired) electrons. The van der Waals surface area contributed by atoms with E-state index in [0.717, 1.165) is 55.9 Å². The van der Waals surface area contributed by atoms with E-state index in [1.54, 1.807) is 0 Å². The van der Waals surface area contributed by atoms with Gasteiger partial charge in [-0.3, -0.25) is 0 Å². The third-order valence-corrected chi connectivity index (χ3v) is 11.7. The van der Waals surface area contributed by atoms with E-state index in [2.05, 4.69) is 220 Å². The van der Waals surface area contributed by atoms with Crippen molar-refractivity contribution in [2.45, 2.75) is 52.4 Å². The smallest absolute Gasteiger partial charge is 0.135 e. The van der Waals surface area contributed by atoms with Crippen molar-refractivity contribution in [2.24, 2.45) is 0 Å². The largest absolute Gasteiger partial charge is 0.509 e. The fraction of sp³-hybridized carbons (Fsp3) is 0.143. The van der Waals surface area contributed by atoms with Crippen LogP contribution in [0.2, 0.25) is 0 Å². The molecule has 9 aromatic rings. The van der Waals surface area contributed by atoms with Crippen molar-refractivity contribution in [3.8, 4) is 39.6 Å². The maximum absolute atomic E-state index is 6.68. The van der Waals surface area contributed by atoms with Gasteiger partial charge in [0.25, 0.3) is 0 Å². The number of benzene rings is 7. The molecule has 0 fully saturated rings. The molecular formula is C56H47N4OPt-3. The molecule has 5 nitrogen and oxygen atoms in total. The Kier molecular flexibility index (Phi) is 10.7. The number of pyridine rings is 1. The van der Waals surface area contributed by atoms with Crippen LogP contribution < -0.4 is 14.5 Å². The van der Waals surface area contributed by atoms with E-state index in [9.17, 15) is 0 Å². The molecule has 1 aliphatic rings. The van der Waals surface area contributed by atoms with Crippen molar-refractivity contribution in [1.82, 2.24) is 9.55 Å². The summed E-state index contributed by atoms with van der Waals surface area (Å²) in [7, 11) is 0. The topological polar surface area (TPSA) is 33.5 Å². The quantitative estimate of drug-likeness (QED) is 0.149. The van der Waals surface area contributed by atoms with Crippen LogP contribution >= 0.6 is 0 Å². The molecule has 2 aromatic heterocycles. The zero-order valence-electron chi connectivity index (χ0n) is 35.8. The van der Waals surface area contributed by atoms with Crippen LogP contribution in [0, 0.1) is 18.8 Å². The molecule has 3 heterocycles. The molecule has 6 heteroatoms. The molecule has 0 spiro atoms. The van der Waals surface area contributed by atoms with Crippen molar-refractivity contribution in [3.63, 3.8) is 0 Å². The Bertz CT molecular complexity index is 3070. The summed E-state index contributed by atoms with van der Waals surface area (Å²) in [6, 6.07) is 65.0. The number of para-hydroxylation sites is 2. The summed E-state index contributed by atoms with van der Waals surface area (Å²) in [6.45, 7) is 15.7. The van der Waals surface area contributed by atoms with Gasteiger partial charge < -0.3 is 19.1 Å². The summed E-state index contributed by atoms with van der Waals surface area (Å²) < 4.78 is 8.89. The van der Waals surface area contributed by atoms with E-state index in [-0.39, 0.29) is 31.9 Å². The molecule has 0 N–H and O–H groups in total. The summed E-state index contributed by atoms with van der Waals surface area (Å²) in [5, 5.41) is 2.21. The van der Waals surface area contributed by atoms with Gasteiger partial charge in [-0.2, -0.15) is 12.1 Å². The number of hydrogen-bond donors (Lipinski definition) is 0. The third-order valence-electron chi connectivity index (χ3n) is 11.7. The van der Waals surface area contributed by atoms with Crippen LogP contribution in [-0.2, 0) is 31.9 Å². The summed E-state index contributed by atoms with van der Waals surface area (Å²) in [5.41, 5.74) is 13.2. The summed E-state index contributed by atoms with van der Waals surface area (Å²) in [6.07, 6.45) is 1.91. The summed E-state index contributed by atoms with van der Waals surface area (Å²) in [4.78, 5) is 9.42. The number of aromatic nitrogens is 2. The predicted octanol–water partition coefficient (Wildman–Crippen LogP) is 14.9. The molecule has 0 atom stereocenters. The van der Waals surface area contributed by atoms with Crippen molar-refractivity contribution < 1.29 is 25.8 Å². The Morgan fingerprint density at radius 1 is 0.516 bits per heavy atom. The number of hydrogen-bond acceptors (Lipinski definition) is 4. The molecule has 10 rings (SSSR count). The SMILES string of the molecule is CC(C)(C)c1ccnc(-n2c3[c-]c(Oc4[c-]c(N5[CH-]N(c6cc(C(C)(C)C)ccc6-c6ccccc6)c6ccccc65)ccc4)ccc3c3cc(-c4ccccc4)ccc32)c1.[Pt]. The average molecular weight is 987 g/mol. The Morgan fingerprint density at radius 3 is 1.90 bits per heavy atom. The molecule has 62 heavy (non-hydrogen) atoms. The van der Waals surface area contributed by atoms with Crippen LogP contribution in [0.5, 0.6) is 11.5 Å².